The van der Waals surface area contributed by atoms with Gasteiger partial charge in [0.1, 0.15) is 5.82 Å². The summed E-state index contributed by atoms with van der Waals surface area (Å²) in [6.07, 6.45) is 1.59. The quantitative estimate of drug-likeness (QED) is 0.466. The Hall–Kier alpha value is -3.95. The number of hydrogen-bond acceptors (Lipinski definition) is 5. The Morgan fingerprint density at radius 3 is 2.22 bits per heavy atom. The third-order valence-electron chi connectivity index (χ3n) is 7.42. The largest absolute Gasteiger partial charge is 0.368 e. The van der Waals surface area contributed by atoms with E-state index in [4.69, 9.17) is 11.6 Å². The minimum absolute atomic E-state index is 0.0768. The second-order valence-electron chi connectivity index (χ2n) is 10.2. The SMILES string of the molecule is O=C(Nc1cc(C(=O)N2CCCNCC2)ccc1N1CCCN(C(=O)c2cccc(Cl)c2)CC1)c1ccc(F)cc1. The smallest absolute Gasteiger partial charge is 0.255 e. The molecule has 5 rings (SSSR count). The molecule has 41 heavy (non-hydrogen) atoms. The first kappa shape index (κ1) is 28.6. The lowest BCUT2D eigenvalue weighted by Crippen LogP contribution is -2.35. The van der Waals surface area contributed by atoms with E-state index in [1.165, 1.54) is 24.3 Å². The highest BCUT2D eigenvalue weighted by Crippen LogP contribution is 2.30. The van der Waals surface area contributed by atoms with Crippen molar-refractivity contribution in [1.82, 2.24) is 15.1 Å². The summed E-state index contributed by atoms with van der Waals surface area (Å²) < 4.78 is 13.5. The van der Waals surface area contributed by atoms with Gasteiger partial charge in [0, 0.05) is 67.5 Å². The van der Waals surface area contributed by atoms with Crippen LogP contribution >= 0.6 is 11.6 Å². The van der Waals surface area contributed by atoms with Gasteiger partial charge in [0.15, 0.2) is 0 Å². The fourth-order valence-corrected chi connectivity index (χ4v) is 5.43. The zero-order chi connectivity index (χ0) is 28.8. The molecular formula is C31H33ClFN5O3. The van der Waals surface area contributed by atoms with E-state index in [1.807, 2.05) is 15.9 Å². The van der Waals surface area contributed by atoms with E-state index in [-0.39, 0.29) is 11.8 Å². The zero-order valence-corrected chi connectivity index (χ0v) is 23.5. The lowest BCUT2D eigenvalue weighted by Gasteiger charge is -2.27. The number of amides is 3. The molecule has 2 heterocycles. The van der Waals surface area contributed by atoms with Crippen molar-refractivity contribution < 1.29 is 18.8 Å². The highest BCUT2D eigenvalue weighted by molar-refractivity contribution is 6.31. The lowest BCUT2D eigenvalue weighted by molar-refractivity contribution is 0.0759. The number of nitrogens with one attached hydrogen (secondary N) is 2. The predicted octanol–water partition coefficient (Wildman–Crippen LogP) is 4.52. The predicted molar refractivity (Wildman–Crippen MR) is 158 cm³/mol. The van der Waals surface area contributed by atoms with Gasteiger partial charge in [-0.25, -0.2) is 4.39 Å². The topological polar surface area (TPSA) is 85.0 Å². The fraction of sp³-hybridized carbons (Fsp3) is 0.323. The summed E-state index contributed by atoms with van der Waals surface area (Å²) in [5.74, 6) is -0.996. The molecule has 3 amide bonds. The van der Waals surface area contributed by atoms with E-state index in [0.717, 1.165) is 31.6 Å². The second-order valence-corrected chi connectivity index (χ2v) is 10.7. The van der Waals surface area contributed by atoms with E-state index in [0.29, 0.717) is 66.7 Å². The van der Waals surface area contributed by atoms with Crippen LogP contribution in [0.25, 0.3) is 0 Å². The molecular weight excluding hydrogens is 545 g/mol. The Labute approximate surface area is 244 Å². The highest BCUT2D eigenvalue weighted by atomic mass is 35.5. The second kappa shape index (κ2) is 13.1. The van der Waals surface area contributed by atoms with Gasteiger partial charge < -0.3 is 25.3 Å². The van der Waals surface area contributed by atoms with Crippen LogP contribution < -0.4 is 15.5 Å². The van der Waals surface area contributed by atoms with Crippen LogP contribution in [-0.4, -0.2) is 79.9 Å². The van der Waals surface area contributed by atoms with Crippen LogP contribution in [0.4, 0.5) is 15.8 Å². The third kappa shape index (κ3) is 7.04. The van der Waals surface area contributed by atoms with Crippen molar-refractivity contribution in [2.75, 3.05) is 62.6 Å². The Morgan fingerprint density at radius 2 is 1.44 bits per heavy atom. The monoisotopic (exact) mass is 577 g/mol. The molecule has 0 aliphatic carbocycles. The van der Waals surface area contributed by atoms with Gasteiger partial charge >= 0.3 is 0 Å². The van der Waals surface area contributed by atoms with E-state index >= 15 is 0 Å². The first-order valence-electron chi connectivity index (χ1n) is 13.9. The van der Waals surface area contributed by atoms with Crippen LogP contribution in [0.2, 0.25) is 5.02 Å². The van der Waals surface area contributed by atoms with Gasteiger partial charge in [-0.2, -0.15) is 0 Å². The van der Waals surface area contributed by atoms with Crippen LogP contribution in [0.5, 0.6) is 0 Å². The molecule has 0 aromatic heterocycles. The van der Waals surface area contributed by atoms with Crippen molar-refractivity contribution in [2.24, 2.45) is 0 Å². The summed E-state index contributed by atoms with van der Waals surface area (Å²) in [7, 11) is 0. The van der Waals surface area contributed by atoms with Crippen molar-refractivity contribution in [3.8, 4) is 0 Å². The van der Waals surface area contributed by atoms with Crippen LogP contribution in [-0.2, 0) is 0 Å². The maximum Gasteiger partial charge on any atom is 0.255 e. The van der Waals surface area contributed by atoms with Gasteiger partial charge in [-0.1, -0.05) is 17.7 Å². The molecule has 0 saturated carbocycles. The molecule has 2 fully saturated rings. The minimum atomic E-state index is -0.428. The maximum absolute atomic E-state index is 13.5. The van der Waals surface area contributed by atoms with Crippen molar-refractivity contribution in [3.05, 3.63) is 94.3 Å². The first-order chi connectivity index (χ1) is 19.9. The third-order valence-corrected chi connectivity index (χ3v) is 7.66. The van der Waals surface area contributed by atoms with Gasteiger partial charge in [-0.15, -0.1) is 0 Å². The Balaban J connectivity index is 1.39. The van der Waals surface area contributed by atoms with Crippen molar-refractivity contribution in [3.63, 3.8) is 0 Å². The number of hydrogen-bond donors (Lipinski definition) is 2. The van der Waals surface area contributed by atoms with Crippen LogP contribution in [0.1, 0.15) is 43.9 Å². The number of rotatable bonds is 5. The molecule has 8 nitrogen and oxygen atoms in total. The molecule has 0 bridgehead atoms. The summed E-state index contributed by atoms with van der Waals surface area (Å²) in [6, 6.07) is 17.6. The first-order valence-corrected chi connectivity index (χ1v) is 14.3. The Kier molecular flexibility index (Phi) is 9.16. The molecule has 2 N–H and O–H groups in total. The standard InChI is InChI=1S/C31H33ClFN5O3/c32-25-5-1-4-23(20-25)30(40)38-16-3-15-36(18-19-38)28-11-8-24(31(41)37-14-2-12-34-13-17-37)21-27(28)35-29(39)22-6-9-26(33)10-7-22/h1,4-11,20-21,34H,2-3,12-19H2,(H,35,39). The van der Waals surface area contributed by atoms with Gasteiger partial charge in [0.05, 0.1) is 11.4 Å². The molecule has 0 spiro atoms. The zero-order valence-electron chi connectivity index (χ0n) is 22.7. The number of anilines is 2. The minimum Gasteiger partial charge on any atom is -0.368 e. The Bertz CT molecular complexity index is 1410. The highest BCUT2D eigenvalue weighted by Gasteiger charge is 2.24. The maximum atomic E-state index is 13.5. The summed E-state index contributed by atoms with van der Waals surface area (Å²) in [5.41, 5.74) is 2.59. The molecule has 214 valence electrons. The number of carbonyl (C=O) groups is 3. The van der Waals surface area contributed by atoms with Crippen molar-refractivity contribution in [1.29, 1.82) is 0 Å². The molecule has 3 aromatic rings. The van der Waals surface area contributed by atoms with E-state index in [2.05, 4.69) is 15.5 Å². The number of benzene rings is 3. The molecule has 2 aliphatic heterocycles. The molecule has 0 atom stereocenters. The lowest BCUT2D eigenvalue weighted by atomic mass is 10.1. The van der Waals surface area contributed by atoms with E-state index in [9.17, 15) is 18.8 Å². The average molecular weight is 578 g/mol. The van der Waals surface area contributed by atoms with Crippen molar-refractivity contribution >= 4 is 40.7 Å². The van der Waals surface area contributed by atoms with Crippen LogP contribution in [0.3, 0.4) is 0 Å². The normalized spacial score (nSPS) is 16.1. The Morgan fingerprint density at radius 1 is 0.732 bits per heavy atom. The summed E-state index contributed by atoms with van der Waals surface area (Å²) >= 11 is 6.10. The number of carbonyl (C=O) groups excluding carboxylic acids is 3. The van der Waals surface area contributed by atoms with Gasteiger partial charge in [-0.05, 0) is 80.1 Å². The molecule has 2 saturated heterocycles. The van der Waals surface area contributed by atoms with E-state index in [1.54, 1.807) is 36.4 Å². The number of halogens is 2. The molecule has 0 unspecified atom stereocenters. The van der Waals surface area contributed by atoms with Crippen LogP contribution in [0, 0.1) is 5.82 Å². The fourth-order valence-electron chi connectivity index (χ4n) is 5.24. The van der Waals surface area contributed by atoms with Crippen LogP contribution in [0.15, 0.2) is 66.7 Å². The summed E-state index contributed by atoms with van der Waals surface area (Å²) in [5, 5.41) is 6.78. The average Bonchev–Trinajstić information content (AvgIpc) is 3.41. The van der Waals surface area contributed by atoms with Gasteiger partial charge in [-0.3, -0.25) is 14.4 Å². The molecule has 2 aliphatic rings. The van der Waals surface area contributed by atoms with Gasteiger partial charge in [0.2, 0.25) is 0 Å². The molecule has 0 radical (unpaired) electrons. The molecule has 10 heteroatoms. The number of nitrogens with zero attached hydrogens (tertiary/aromatic N) is 3. The van der Waals surface area contributed by atoms with Gasteiger partial charge in [0.25, 0.3) is 17.7 Å². The molecule has 3 aromatic carbocycles. The van der Waals surface area contributed by atoms with E-state index < -0.39 is 11.7 Å². The summed E-state index contributed by atoms with van der Waals surface area (Å²) in [6.45, 7) is 5.13. The summed E-state index contributed by atoms with van der Waals surface area (Å²) in [4.78, 5) is 45.5. The van der Waals surface area contributed by atoms with Crippen molar-refractivity contribution in [2.45, 2.75) is 12.8 Å².